The summed E-state index contributed by atoms with van der Waals surface area (Å²) >= 11 is 0. The Kier molecular flexibility index (Phi) is 1.83. The predicted octanol–water partition coefficient (Wildman–Crippen LogP) is 2.32. The topological polar surface area (TPSA) is 38.1 Å². The Balaban J connectivity index is 1.89. The summed E-state index contributed by atoms with van der Waals surface area (Å²) in [5.74, 6) is 0. The van der Waals surface area contributed by atoms with Crippen LogP contribution < -0.4 is 0 Å². The van der Waals surface area contributed by atoms with E-state index in [1.807, 2.05) is 28.8 Å². The quantitative estimate of drug-likeness (QED) is 0.880. The van der Waals surface area contributed by atoms with Gasteiger partial charge in [-0.15, -0.1) is 0 Å². The lowest BCUT2D eigenvalue weighted by molar-refractivity contribution is 0.0330. The van der Waals surface area contributed by atoms with Gasteiger partial charge in [0.25, 0.3) is 0 Å². The Morgan fingerprint density at radius 3 is 2.94 bits per heavy atom. The van der Waals surface area contributed by atoms with Crippen molar-refractivity contribution < 1.29 is 9.50 Å². The summed E-state index contributed by atoms with van der Waals surface area (Å²) in [5, 5.41) is 10.3. The lowest BCUT2D eigenvalue weighted by atomic mass is 9.96. The lowest BCUT2D eigenvalue weighted by Crippen LogP contribution is -2.33. The van der Waals surface area contributed by atoms with Crippen LogP contribution in [0.5, 0.6) is 0 Å². The molecule has 0 spiro atoms. The van der Waals surface area contributed by atoms with Gasteiger partial charge in [0.2, 0.25) is 0 Å². The summed E-state index contributed by atoms with van der Waals surface area (Å²) < 4.78 is 16.0. The molecular formula is C14H13FN2O. The highest BCUT2D eigenvalue weighted by molar-refractivity contribution is 5.69. The van der Waals surface area contributed by atoms with Crippen molar-refractivity contribution >= 4 is 0 Å². The van der Waals surface area contributed by atoms with Gasteiger partial charge in [0, 0.05) is 5.56 Å². The van der Waals surface area contributed by atoms with Gasteiger partial charge in [0.05, 0.1) is 24.3 Å². The Labute approximate surface area is 104 Å². The molecule has 1 aliphatic carbocycles. The normalized spacial score (nSPS) is 24.4. The standard InChI is InChI=1S/C14H13FN2O/c15-14(5-6-14)13(18)12-10-4-2-1-3-9(10)11-7-16-8-17(11)12/h1-4,7-8,12-13,18H,5-6H2/t12-,13?/m1/s1. The predicted molar refractivity (Wildman–Crippen MR) is 64.9 cm³/mol. The van der Waals surface area contributed by atoms with Gasteiger partial charge in [-0.3, -0.25) is 0 Å². The zero-order chi connectivity index (χ0) is 12.3. The molecule has 1 fully saturated rings. The molecule has 0 bridgehead atoms. The number of hydrogen-bond donors (Lipinski definition) is 1. The largest absolute Gasteiger partial charge is 0.387 e. The maximum atomic E-state index is 14.2. The first-order valence-corrected chi connectivity index (χ1v) is 6.19. The molecule has 92 valence electrons. The van der Waals surface area contributed by atoms with Crippen molar-refractivity contribution in [1.29, 1.82) is 0 Å². The first-order valence-electron chi connectivity index (χ1n) is 6.19. The first kappa shape index (κ1) is 10.3. The number of aliphatic hydroxyl groups excluding tert-OH is 1. The van der Waals surface area contributed by atoms with E-state index in [-0.39, 0.29) is 6.04 Å². The van der Waals surface area contributed by atoms with Gasteiger partial charge in [-0.05, 0) is 18.4 Å². The third kappa shape index (κ3) is 1.18. The lowest BCUT2D eigenvalue weighted by Gasteiger charge is -2.24. The summed E-state index contributed by atoms with van der Waals surface area (Å²) in [6.07, 6.45) is 3.36. The van der Waals surface area contributed by atoms with E-state index in [1.165, 1.54) is 0 Å². The van der Waals surface area contributed by atoms with Gasteiger partial charge >= 0.3 is 0 Å². The maximum Gasteiger partial charge on any atom is 0.139 e. The first-order chi connectivity index (χ1) is 8.71. The van der Waals surface area contributed by atoms with Crippen molar-refractivity contribution in [3.63, 3.8) is 0 Å². The number of halogens is 1. The Morgan fingerprint density at radius 1 is 1.39 bits per heavy atom. The average molecular weight is 244 g/mol. The molecule has 2 heterocycles. The van der Waals surface area contributed by atoms with Gasteiger partial charge in [0.15, 0.2) is 0 Å². The second-order valence-electron chi connectivity index (χ2n) is 5.20. The number of aromatic nitrogens is 2. The summed E-state index contributed by atoms with van der Waals surface area (Å²) in [6, 6.07) is 7.49. The summed E-state index contributed by atoms with van der Waals surface area (Å²) in [7, 11) is 0. The molecule has 1 aromatic heterocycles. The fraction of sp³-hybridized carbons (Fsp3) is 0.357. The third-order valence-corrected chi connectivity index (χ3v) is 4.08. The van der Waals surface area contributed by atoms with Gasteiger partial charge in [-0.2, -0.15) is 0 Å². The minimum Gasteiger partial charge on any atom is -0.387 e. The van der Waals surface area contributed by atoms with Crippen molar-refractivity contribution in [2.45, 2.75) is 30.7 Å². The van der Waals surface area contributed by atoms with Crippen LogP contribution in [0.15, 0.2) is 36.8 Å². The van der Waals surface area contributed by atoms with Gasteiger partial charge in [-0.1, -0.05) is 24.3 Å². The van der Waals surface area contributed by atoms with Crippen molar-refractivity contribution in [3.05, 3.63) is 42.4 Å². The molecule has 1 aliphatic heterocycles. The molecule has 2 aromatic rings. The van der Waals surface area contributed by atoms with Crippen LogP contribution in [0, 0.1) is 0 Å². The Hall–Kier alpha value is -1.68. The van der Waals surface area contributed by atoms with Crippen LogP contribution in [-0.2, 0) is 0 Å². The van der Waals surface area contributed by atoms with Crippen molar-refractivity contribution in [1.82, 2.24) is 9.55 Å². The van der Waals surface area contributed by atoms with Crippen molar-refractivity contribution in [2.24, 2.45) is 0 Å². The van der Waals surface area contributed by atoms with E-state index >= 15 is 0 Å². The molecular weight excluding hydrogens is 231 g/mol. The molecule has 1 saturated carbocycles. The number of rotatable bonds is 2. The molecule has 4 rings (SSSR count). The van der Waals surface area contributed by atoms with Crippen molar-refractivity contribution in [3.8, 4) is 11.3 Å². The number of alkyl halides is 1. The van der Waals surface area contributed by atoms with Crippen LogP contribution in [0.1, 0.15) is 24.4 Å². The molecule has 0 saturated heterocycles. The van der Waals surface area contributed by atoms with E-state index in [2.05, 4.69) is 4.98 Å². The number of benzene rings is 1. The molecule has 3 nitrogen and oxygen atoms in total. The highest BCUT2D eigenvalue weighted by atomic mass is 19.1. The van der Waals surface area contributed by atoms with Gasteiger partial charge in [-0.25, -0.2) is 9.37 Å². The molecule has 2 atom stereocenters. The summed E-state index contributed by atoms with van der Waals surface area (Å²) in [5.41, 5.74) is 1.58. The Bertz CT molecular complexity index is 618. The average Bonchev–Trinajstić information content (AvgIpc) is 2.87. The second kappa shape index (κ2) is 3.20. The third-order valence-electron chi connectivity index (χ3n) is 4.08. The molecule has 2 aliphatic rings. The SMILES string of the molecule is OC([C@H]1c2ccccc2-c2cncn21)C1(F)CC1. The molecule has 1 unspecified atom stereocenters. The van der Waals surface area contributed by atoms with Crippen LogP contribution >= 0.6 is 0 Å². The van der Waals surface area contributed by atoms with E-state index in [0.717, 1.165) is 16.8 Å². The van der Waals surface area contributed by atoms with E-state index in [1.54, 1.807) is 12.5 Å². The van der Waals surface area contributed by atoms with Crippen molar-refractivity contribution in [2.75, 3.05) is 0 Å². The Morgan fingerprint density at radius 2 is 2.17 bits per heavy atom. The molecule has 0 radical (unpaired) electrons. The zero-order valence-corrected chi connectivity index (χ0v) is 9.75. The number of aliphatic hydroxyl groups is 1. The smallest absolute Gasteiger partial charge is 0.139 e. The van der Waals surface area contributed by atoms with Crippen LogP contribution in [0.4, 0.5) is 4.39 Å². The fourth-order valence-corrected chi connectivity index (χ4v) is 2.89. The van der Waals surface area contributed by atoms with Crippen LogP contribution in [0.25, 0.3) is 11.3 Å². The number of imidazole rings is 1. The molecule has 18 heavy (non-hydrogen) atoms. The van der Waals surface area contributed by atoms with Crippen LogP contribution in [0.3, 0.4) is 0 Å². The van der Waals surface area contributed by atoms with E-state index in [4.69, 9.17) is 0 Å². The second-order valence-corrected chi connectivity index (χ2v) is 5.20. The monoisotopic (exact) mass is 244 g/mol. The highest BCUT2D eigenvalue weighted by Gasteiger charge is 2.54. The van der Waals surface area contributed by atoms with Gasteiger partial charge < -0.3 is 9.67 Å². The number of fused-ring (bicyclic) bond motifs is 3. The van der Waals surface area contributed by atoms with Crippen LogP contribution in [-0.4, -0.2) is 26.4 Å². The van der Waals surface area contributed by atoms with E-state index < -0.39 is 11.8 Å². The molecule has 4 heteroatoms. The van der Waals surface area contributed by atoms with E-state index in [9.17, 15) is 9.50 Å². The van der Waals surface area contributed by atoms with E-state index in [0.29, 0.717) is 12.8 Å². The summed E-state index contributed by atoms with van der Waals surface area (Å²) in [4.78, 5) is 4.11. The number of nitrogens with zero attached hydrogens (tertiary/aromatic N) is 2. The molecule has 1 N–H and O–H groups in total. The minimum absolute atomic E-state index is 0.341. The van der Waals surface area contributed by atoms with Gasteiger partial charge in [0.1, 0.15) is 11.8 Å². The molecule has 0 amide bonds. The number of hydrogen-bond acceptors (Lipinski definition) is 2. The highest BCUT2D eigenvalue weighted by Crippen LogP contribution is 2.51. The maximum absolute atomic E-state index is 14.2. The molecule has 1 aromatic carbocycles. The fourth-order valence-electron chi connectivity index (χ4n) is 2.89. The summed E-state index contributed by atoms with van der Waals surface area (Å²) in [6.45, 7) is 0. The van der Waals surface area contributed by atoms with Crippen LogP contribution in [0.2, 0.25) is 0 Å². The minimum atomic E-state index is -1.41. The zero-order valence-electron chi connectivity index (χ0n) is 9.75.